The number of ketones is 1. The van der Waals surface area contributed by atoms with Gasteiger partial charge in [-0.15, -0.1) is 0 Å². The molecule has 0 spiro atoms. The van der Waals surface area contributed by atoms with Crippen molar-refractivity contribution in [3.8, 4) is 0 Å². The lowest BCUT2D eigenvalue weighted by Crippen LogP contribution is -2.43. The Hall–Kier alpha value is -1.36. The topological polar surface area (TPSA) is 63.2 Å². The summed E-state index contributed by atoms with van der Waals surface area (Å²) in [5.41, 5.74) is 0.765. The Morgan fingerprint density at radius 2 is 1.76 bits per heavy atom. The van der Waals surface area contributed by atoms with E-state index in [0.29, 0.717) is 24.4 Å². The average Bonchev–Trinajstić information content (AvgIpc) is 2.80. The van der Waals surface area contributed by atoms with E-state index >= 15 is 0 Å². The van der Waals surface area contributed by atoms with Crippen molar-refractivity contribution in [2.45, 2.75) is 59.3 Å². The summed E-state index contributed by atoms with van der Waals surface area (Å²) in [6, 6.07) is 7.50. The first-order valence-corrected chi connectivity index (χ1v) is 10.7. The number of sulfonamides is 1. The molecule has 1 N–H and O–H groups in total. The van der Waals surface area contributed by atoms with Crippen LogP contribution in [0.25, 0.3) is 0 Å². The molecule has 0 saturated heterocycles. The molecule has 3 rings (SSSR count). The van der Waals surface area contributed by atoms with Gasteiger partial charge in [0.25, 0.3) is 0 Å². The maximum absolute atomic E-state index is 12.8. The molecule has 25 heavy (non-hydrogen) atoms. The van der Waals surface area contributed by atoms with Crippen molar-refractivity contribution in [1.29, 1.82) is 0 Å². The smallest absolute Gasteiger partial charge is 0.233 e. The Morgan fingerprint density at radius 3 is 2.20 bits per heavy atom. The minimum Gasteiger partial charge on any atom is -0.299 e. The molecule has 2 aliphatic rings. The Balaban J connectivity index is 1.80. The van der Waals surface area contributed by atoms with Gasteiger partial charge in [-0.05, 0) is 47.3 Å². The Morgan fingerprint density at radius 1 is 1.16 bits per heavy atom. The number of fused-ring (bicyclic) bond motifs is 2. The number of hydrogen-bond donors (Lipinski definition) is 1. The zero-order valence-electron chi connectivity index (χ0n) is 15.8. The highest BCUT2D eigenvalue weighted by Gasteiger charge is 2.65. The number of carbonyl (C=O) groups is 1. The molecule has 2 fully saturated rings. The zero-order chi connectivity index (χ0) is 18.7. The number of nitrogens with one attached hydrogen (secondary N) is 1. The van der Waals surface area contributed by atoms with E-state index in [1.807, 2.05) is 12.1 Å². The summed E-state index contributed by atoms with van der Waals surface area (Å²) in [4.78, 5) is 12.6. The molecule has 5 heteroatoms. The van der Waals surface area contributed by atoms with Crippen LogP contribution >= 0.6 is 0 Å². The summed E-state index contributed by atoms with van der Waals surface area (Å²) in [6.07, 6.45) is 2.17. The third-order valence-electron chi connectivity index (χ3n) is 6.60. The van der Waals surface area contributed by atoms with Gasteiger partial charge < -0.3 is 0 Å². The Kier molecular flexibility index (Phi) is 4.10. The molecular weight excluding hydrogens is 334 g/mol. The molecule has 2 aliphatic carbocycles. The molecule has 2 bridgehead atoms. The summed E-state index contributed by atoms with van der Waals surface area (Å²) in [5.74, 6) is 0.340. The van der Waals surface area contributed by atoms with Crippen LogP contribution < -0.4 is 4.72 Å². The van der Waals surface area contributed by atoms with Crippen molar-refractivity contribution in [3.05, 3.63) is 29.8 Å². The first kappa shape index (κ1) is 18.4. The van der Waals surface area contributed by atoms with Gasteiger partial charge in [0.1, 0.15) is 5.78 Å². The predicted octanol–water partition coefficient (Wildman–Crippen LogP) is 4.12. The second-order valence-corrected chi connectivity index (χ2v) is 11.1. The van der Waals surface area contributed by atoms with Crippen LogP contribution in [0.5, 0.6) is 0 Å². The Labute approximate surface area is 151 Å². The summed E-state index contributed by atoms with van der Waals surface area (Å²) in [5, 5.41) is 0. The monoisotopic (exact) mass is 363 g/mol. The van der Waals surface area contributed by atoms with Crippen LogP contribution in [0.3, 0.4) is 0 Å². The summed E-state index contributed by atoms with van der Waals surface area (Å²) in [7, 11) is -3.59. The second-order valence-electron chi connectivity index (χ2n) is 9.36. The van der Waals surface area contributed by atoms with E-state index in [4.69, 9.17) is 0 Å². The van der Waals surface area contributed by atoms with E-state index in [0.717, 1.165) is 12.0 Å². The van der Waals surface area contributed by atoms with E-state index in [1.54, 1.807) is 12.1 Å². The van der Waals surface area contributed by atoms with Gasteiger partial charge in [-0.25, -0.2) is 8.42 Å². The third-order valence-corrected chi connectivity index (χ3v) is 8.02. The molecule has 2 saturated carbocycles. The lowest BCUT2D eigenvalue weighted by atomic mass is 9.70. The van der Waals surface area contributed by atoms with Crippen molar-refractivity contribution in [2.75, 3.05) is 10.5 Å². The molecule has 0 heterocycles. The maximum Gasteiger partial charge on any atom is 0.233 e. The van der Waals surface area contributed by atoms with E-state index in [2.05, 4.69) is 39.3 Å². The number of Topliss-reactive ketones (excluding diaryl/α,β-unsaturated/α-hetero) is 1. The van der Waals surface area contributed by atoms with Crippen LogP contribution in [0.1, 0.15) is 59.4 Å². The van der Waals surface area contributed by atoms with E-state index in [-0.39, 0.29) is 22.4 Å². The van der Waals surface area contributed by atoms with Crippen LogP contribution in [-0.4, -0.2) is 20.0 Å². The van der Waals surface area contributed by atoms with Crippen LogP contribution in [0.15, 0.2) is 24.3 Å². The highest BCUT2D eigenvalue weighted by molar-refractivity contribution is 7.92. The first-order valence-electron chi connectivity index (χ1n) is 9.02. The molecule has 138 valence electrons. The van der Waals surface area contributed by atoms with E-state index in [1.165, 1.54) is 0 Å². The van der Waals surface area contributed by atoms with Crippen molar-refractivity contribution < 1.29 is 13.2 Å². The van der Waals surface area contributed by atoms with Gasteiger partial charge in [-0.2, -0.15) is 0 Å². The van der Waals surface area contributed by atoms with E-state index in [9.17, 15) is 13.2 Å². The summed E-state index contributed by atoms with van der Waals surface area (Å²) in [6.45, 7) is 10.5. The van der Waals surface area contributed by atoms with Crippen LogP contribution in [0.2, 0.25) is 0 Å². The molecular formula is C20H29NO3S. The van der Waals surface area contributed by atoms with Gasteiger partial charge in [-0.3, -0.25) is 9.52 Å². The molecule has 0 aliphatic heterocycles. The van der Waals surface area contributed by atoms with Gasteiger partial charge in [0.15, 0.2) is 0 Å². The normalized spacial score (nSPS) is 28.4. The molecule has 1 aromatic rings. The van der Waals surface area contributed by atoms with E-state index < -0.39 is 15.4 Å². The molecule has 0 amide bonds. The fourth-order valence-corrected chi connectivity index (χ4v) is 6.58. The highest BCUT2D eigenvalue weighted by atomic mass is 32.2. The van der Waals surface area contributed by atoms with Crippen LogP contribution in [0.4, 0.5) is 5.69 Å². The van der Waals surface area contributed by atoms with Crippen molar-refractivity contribution in [1.82, 2.24) is 0 Å². The standard InChI is InChI=1S/C20H29NO3S/c1-18(2,3)14-6-8-16(9-7-14)21-25(23,24)13-20-11-10-15(12-17(20)22)19(20,4)5/h6-9,15,21H,10-13H2,1-5H3/t15-,20+/m1/s1. The van der Waals surface area contributed by atoms with Crippen molar-refractivity contribution >= 4 is 21.5 Å². The molecule has 1 aromatic carbocycles. The highest BCUT2D eigenvalue weighted by Crippen LogP contribution is 2.64. The minimum absolute atomic E-state index is 0.0233. The lowest BCUT2D eigenvalue weighted by molar-refractivity contribution is -0.128. The number of benzene rings is 1. The zero-order valence-corrected chi connectivity index (χ0v) is 16.7. The van der Waals surface area contributed by atoms with Gasteiger partial charge in [0, 0.05) is 12.1 Å². The fraction of sp³-hybridized carbons (Fsp3) is 0.650. The van der Waals surface area contributed by atoms with Gasteiger partial charge >= 0.3 is 0 Å². The minimum atomic E-state index is -3.59. The molecule has 0 radical (unpaired) electrons. The quantitative estimate of drug-likeness (QED) is 0.875. The molecule has 0 unspecified atom stereocenters. The number of hydrogen-bond acceptors (Lipinski definition) is 3. The lowest BCUT2D eigenvalue weighted by Gasteiger charge is -2.36. The number of anilines is 1. The SMILES string of the molecule is CC(C)(C)c1ccc(NS(=O)(=O)C[C@@]23CC[C@H](CC2=O)C3(C)C)cc1. The predicted molar refractivity (Wildman–Crippen MR) is 101 cm³/mol. The Bertz CT molecular complexity index is 787. The number of rotatable bonds is 4. The van der Waals surface area contributed by atoms with Gasteiger partial charge in [-0.1, -0.05) is 46.8 Å². The number of carbonyl (C=O) groups excluding carboxylic acids is 1. The first-order chi connectivity index (χ1) is 11.4. The molecule has 2 atom stereocenters. The van der Waals surface area contributed by atoms with Crippen molar-refractivity contribution in [2.24, 2.45) is 16.7 Å². The average molecular weight is 364 g/mol. The van der Waals surface area contributed by atoms with Crippen LogP contribution in [-0.2, 0) is 20.2 Å². The maximum atomic E-state index is 12.8. The summed E-state index contributed by atoms with van der Waals surface area (Å²) >= 11 is 0. The second kappa shape index (κ2) is 5.57. The van der Waals surface area contributed by atoms with Crippen molar-refractivity contribution in [3.63, 3.8) is 0 Å². The summed E-state index contributed by atoms with van der Waals surface area (Å²) < 4.78 is 28.3. The molecule has 0 aromatic heterocycles. The molecule has 4 nitrogen and oxygen atoms in total. The van der Waals surface area contributed by atoms with Gasteiger partial charge in [0.05, 0.1) is 11.2 Å². The van der Waals surface area contributed by atoms with Crippen LogP contribution in [0, 0.1) is 16.7 Å². The largest absolute Gasteiger partial charge is 0.299 e. The third kappa shape index (κ3) is 3.01. The fourth-order valence-electron chi connectivity index (χ4n) is 4.69. The van der Waals surface area contributed by atoms with Gasteiger partial charge in [0.2, 0.25) is 10.0 Å².